The van der Waals surface area contributed by atoms with Gasteiger partial charge in [-0.05, 0) is 29.3 Å². The van der Waals surface area contributed by atoms with Gasteiger partial charge in [0, 0.05) is 9.50 Å². The molecular formula is C14H11BrCl2O. The fourth-order valence-corrected chi connectivity index (χ4v) is 3.05. The van der Waals surface area contributed by atoms with Gasteiger partial charge in [0.1, 0.15) is 5.75 Å². The lowest BCUT2D eigenvalue weighted by atomic mass is 10.0. The van der Waals surface area contributed by atoms with Gasteiger partial charge >= 0.3 is 0 Å². The predicted octanol–water partition coefficient (Wildman–Crippen LogP) is 5.44. The van der Waals surface area contributed by atoms with Crippen LogP contribution in [-0.2, 0) is 0 Å². The second-order valence-electron chi connectivity index (χ2n) is 3.77. The second kappa shape index (κ2) is 5.96. The van der Waals surface area contributed by atoms with Crippen LogP contribution in [0.2, 0.25) is 5.02 Å². The topological polar surface area (TPSA) is 9.23 Å². The van der Waals surface area contributed by atoms with Gasteiger partial charge in [0.05, 0.1) is 12.5 Å². The standard InChI is InChI=1S/C14H11BrCl2O/c1-18-9-6-7-11(13(16)8-9)14(17)10-4-2-3-5-12(10)15/h2-8,14H,1H3. The molecule has 0 aliphatic heterocycles. The lowest BCUT2D eigenvalue weighted by Crippen LogP contribution is -1.96. The van der Waals surface area contributed by atoms with Gasteiger partial charge < -0.3 is 4.74 Å². The molecule has 0 aliphatic carbocycles. The normalized spacial score (nSPS) is 12.2. The van der Waals surface area contributed by atoms with Crippen molar-refractivity contribution in [2.24, 2.45) is 0 Å². The van der Waals surface area contributed by atoms with Crippen LogP contribution in [0.5, 0.6) is 5.75 Å². The van der Waals surface area contributed by atoms with E-state index in [1.165, 1.54) is 0 Å². The van der Waals surface area contributed by atoms with Gasteiger partial charge in [-0.15, -0.1) is 11.6 Å². The number of rotatable bonds is 3. The molecule has 2 aromatic rings. The first-order chi connectivity index (χ1) is 8.63. The van der Waals surface area contributed by atoms with Crippen LogP contribution in [0.1, 0.15) is 16.5 Å². The highest BCUT2D eigenvalue weighted by molar-refractivity contribution is 9.10. The Bertz CT molecular complexity index is 557. The summed E-state index contributed by atoms with van der Waals surface area (Å²) in [7, 11) is 1.61. The maximum Gasteiger partial charge on any atom is 0.120 e. The highest BCUT2D eigenvalue weighted by atomic mass is 79.9. The quantitative estimate of drug-likeness (QED) is 0.673. The van der Waals surface area contributed by atoms with E-state index in [-0.39, 0.29) is 5.38 Å². The van der Waals surface area contributed by atoms with Gasteiger partial charge in [0.15, 0.2) is 0 Å². The summed E-state index contributed by atoms with van der Waals surface area (Å²) in [5.41, 5.74) is 1.86. The van der Waals surface area contributed by atoms with Crippen LogP contribution in [0.4, 0.5) is 0 Å². The maximum absolute atomic E-state index is 6.48. The Labute approximate surface area is 125 Å². The van der Waals surface area contributed by atoms with Gasteiger partial charge in [-0.1, -0.05) is 51.8 Å². The molecule has 0 heterocycles. The summed E-state index contributed by atoms with van der Waals surface area (Å²) in [6, 6.07) is 13.3. The van der Waals surface area contributed by atoms with Crippen LogP contribution in [0.25, 0.3) is 0 Å². The minimum Gasteiger partial charge on any atom is -0.497 e. The molecule has 0 saturated heterocycles. The Kier molecular flexibility index (Phi) is 4.55. The van der Waals surface area contributed by atoms with Crippen molar-refractivity contribution in [1.29, 1.82) is 0 Å². The minimum absolute atomic E-state index is 0.293. The SMILES string of the molecule is COc1ccc(C(Cl)c2ccccc2Br)c(Cl)c1. The fraction of sp³-hybridized carbons (Fsp3) is 0.143. The highest BCUT2D eigenvalue weighted by Gasteiger charge is 2.16. The van der Waals surface area contributed by atoms with Crippen LogP contribution >= 0.6 is 39.1 Å². The first-order valence-electron chi connectivity index (χ1n) is 5.35. The Morgan fingerprint density at radius 3 is 2.44 bits per heavy atom. The number of hydrogen-bond acceptors (Lipinski definition) is 1. The maximum atomic E-state index is 6.48. The monoisotopic (exact) mass is 344 g/mol. The smallest absolute Gasteiger partial charge is 0.120 e. The van der Waals surface area contributed by atoms with E-state index in [9.17, 15) is 0 Å². The van der Waals surface area contributed by atoms with Gasteiger partial charge in [-0.25, -0.2) is 0 Å². The summed E-state index contributed by atoms with van der Waals surface area (Å²) in [6.45, 7) is 0. The molecule has 0 N–H and O–H groups in total. The van der Waals surface area contributed by atoms with Gasteiger partial charge in [-0.2, -0.15) is 0 Å². The van der Waals surface area contributed by atoms with E-state index >= 15 is 0 Å². The molecule has 18 heavy (non-hydrogen) atoms. The molecular weight excluding hydrogens is 335 g/mol. The van der Waals surface area contributed by atoms with Gasteiger partial charge in [0.25, 0.3) is 0 Å². The second-order valence-corrected chi connectivity index (χ2v) is 5.47. The third-order valence-electron chi connectivity index (χ3n) is 2.66. The van der Waals surface area contributed by atoms with Crippen molar-refractivity contribution >= 4 is 39.1 Å². The zero-order valence-electron chi connectivity index (χ0n) is 9.66. The van der Waals surface area contributed by atoms with Crippen LogP contribution in [0.15, 0.2) is 46.9 Å². The van der Waals surface area contributed by atoms with Crippen LogP contribution in [0, 0.1) is 0 Å². The van der Waals surface area contributed by atoms with Crippen molar-refractivity contribution in [3.63, 3.8) is 0 Å². The minimum atomic E-state index is -0.293. The molecule has 1 atom stereocenters. The Morgan fingerprint density at radius 1 is 1.11 bits per heavy atom. The van der Waals surface area contributed by atoms with E-state index in [0.29, 0.717) is 5.02 Å². The molecule has 1 unspecified atom stereocenters. The molecule has 94 valence electrons. The molecule has 0 fully saturated rings. The average molecular weight is 346 g/mol. The first kappa shape index (κ1) is 13.7. The van der Waals surface area contributed by atoms with Crippen molar-refractivity contribution in [1.82, 2.24) is 0 Å². The van der Waals surface area contributed by atoms with Crippen LogP contribution in [-0.4, -0.2) is 7.11 Å². The molecule has 0 amide bonds. The van der Waals surface area contributed by atoms with Crippen molar-refractivity contribution in [2.45, 2.75) is 5.38 Å². The van der Waals surface area contributed by atoms with E-state index in [1.807, 2.05) is 36.4 Å². The van der Waals surface area contributed by atoms with Crippen LogP contribution < -0.4 is 4.74 Å². The largest absolute Gasteiger partial charge is 0.497 e. The van der Waals surface area contributed by atoms with Gasteiger partial charge in [0.2, 0.25) is 0 Å². The summed E-state index contributed by atoms with van der Waals surface area (Å²) < 4.78 is 6.09. The van der Waals surface area contributed by atoms with E-state index in [4.69, 9.17) is 27.9 Å². The average Bonchev–Trinajstić information content (AvgIpc) is 2.38. The summed E-state index contributed by atoms with van der Waals surface area (Å²) in [4.78, 5) is 0. The van der Waals surface area contributed by atoms with E-state index in [0.717, 1.165) is 21.3 Å². The lowest BCUT2D eigenvalue weighted by Gasteiger charge is -2.14. The van der Waals surface area contributed by atoms with E-state index in [1.54, 1.807) is 13.2 Å². The molecule has 0 saturated carbocycles. The number of benzene rings is 2. The Balaban J connectivity index is 2.40. The van der Waals surface area contributed by atoms with Gasteiger partial charge in [-0.3, -0.25) is 0 Å². The number of methoxy groups -OCH3 is 1. The van der Waals surface area contributed by atoms with Crippen LogP contribution in [0.3, 0.4) is 0 Å². The molecule has 4 heteroatoms. The number of halogens is 3. The lowest BCUT2D eigenvalue weighted by molar-refractivity contribution is 0.414. The summed E-state index contributed by atoms with van der Waals surface area (Å²) >= 11 is 16.2. The zero-order valence-corrected chi connectivity index (χ0v) is 12.8. The highest BCUT2D eigenvalue weighted by Crippen LogP contribution is 2.38. The van der Waals surface area contributed by atoms with E-state index < -0.39 is 0 Å². The fourth-order valence-electron chi connectivity index (χ4n) is 1.69. The number of alkyl halides is 1. The van der Waals surface area contributed by atoms with E-state index in [2.05, 4.69) is 15.9 Å². The molecule has 0 bridgehead atoms. The van der Waals surface area contributed by atoms with Crippen molar-refractivity contribution in [3.05, 3.63) is 63.1 Å². The predicted molar refractivity (Wildman–Crippen MR) is 79.8 cm³/mol. The molecule has 0 radical (unpaired) electrons. The third kappa shape index (κ3) is 2.82. The van der Waals surface area contributed by atoms with Crippen molar-refractivity contribution < 1.29 is 4.74 Å². The summed E-state index contributed by atoms with van der Waals surface area (Å²) in [5.74, 6) is 0.722. The third-order valence-corrected chi connectivity index (χ3v) is 4.18. The zero-order chi connectivity index (χ0) is 13.1. The molecule has 0 spiro atoms. The Morgan fingerprint density at radius 2 is 1.83 bits per heavy atom. The van der Waals surface area contributed by atoms with Crippen molar-refractivity contribution in [3.8, 4) is 5.75 Å². The Hall–Kier alpha value is -0.700. The van der Waals surface area contributed by atoms with Crippen molar-refractivity contribution in [2.75, 3.05) is 7.11 Å². The molecule has 0 aliphatic rings. The molecule has 2 aromatic carbocycles. The molecule has 0 aromatic heterocycles. The molecule has 1 nitrogen and oxygen atoms in total. The summed E-state index contributed by atoms with van der Waals surface area (Å²) in [5, 5.41) is 0.309. The number of ether oxygens (including phenoxy) is 1. The summed E-state index contributed by atoms with van der Waals surface area (Å²) in [6.07, 6.45) is 0. The number of hydrogen-bond donors (Lipinski definition) is 0. The molecule has 2 rings (SSSR count). The first-order valence-corrected chi connectivity index (χ1v) is 6.96.